The molecule has 1 aromatic rings. The SMILES string of the molecule is Cl.Cn1ccc(NC(=O)[C@H]2CSCN2)n1. The van der Waals surface area contributed by atoms with Crippen LogP contribution in [-0.4, -0.2) is 33.4 Å². The number of carbonyl (C=O) groups excluding carboxylic acids is 1. The summed E-state index contributed by atoms with van der Waals surface area (Å²) in [7, 11) is 1.82. The van der Waals surface area contributed by atoms with Gasteiger partial charge in [0.25, 0.3) is 0 Å². The molecule has 1 aliphatic heterocycles. The molecule has 1 fully saturated rings. The minimum absolute atomic E-state index is 0. The number of hydrogen-bond donors (Lipinski definition) is 2. The Labute approximate surface area is 98.4 Å². The summed E-state index contributed by atoms with van der Waals surface area (Å²) in [4.78, 5) is 11.6. The summed E-state index contributed by atoms with van der Waals surface area (Å²) in [6.07, 6.45) is 1.80. The Morgan fingerprint density at radius 2 is 2.60 bits per heavy atom. The Morgan fingerprint density at radius 1 is 1.80 bits per heavy atom. The van der Waals surface area contributed by atoms with Crippen LogP contribution in [0, 0.1) is 0 Å². The van der Waals surface area contributed by atoms with E-state index in [1.54, 1.807) is 28.7 Å². The number of nitrogens with zero attached hydrogens (tertiary/aromatic N) is 2. The van der Waals surface area contributed by atoms with Gasteiger partial charge < -0.3 is 5.32 Å². The minimum atomic E-state index is -0.0815. The third kappa shape index (κ3) is 3.12. The Bertz CT molecular complexity index is 337. The molecule has 5 nitrogen and oxygen atoms in total. The summed E-state index contributed by atoms with van der Waals surface area (Å²) in [6, 6.07) is 1.70. The average Bonchev–Trinajstić information content (AvgIpc) is 2.75. The van der Waals surface area contributed by atoms with E-state index in [4.69, 9.17) is 0 Å². The molecule has 84 valence electrons. The predicted octanol–water partition coefficient (Wildman–Crippen LogP) is 0.443. The fraction of sp³-hybridized carbons (Fsp3) is 0.500. The maximum absolute atomic E-state index is 11.6. The zero-order chi connectivity index (χ0) is 9.97. The summed E-state index contributed by atoms with van der Waals surface area (Å²) < 4.78 is 1.66. The molecule has 0 unspecified atom stereocenters. The van der Waals surface area contributed by atoms with Gasteiger partial charge in [-0.1, -0.05) is 0 Å². The van der Waals surface area contributed by atoms with Gasteiger partial charge in [-0.15, -0.1) is 24.2 Å². The Balaban J connectivity index is 0.00000112. The summed E-state index contributed by atoms with van der Waals surface area (Å²) in [5.41, 5.74) is 0. The normalized spacial score (nSPS) is 19.7. The molecule has 15 heavy (non-hydrogen) atoms. The molecular weight excluding hydrogens is 236 g/mol. The number of rotatable bonds is 2. The van der Waals surface area contributed by atoms with Gasteiger partial charge in [0, 0.05) is 30.9 Å². The molecule has 0 radical (unpaired) electrons. The predicted molar refractivity (Wildman–Crippen MR) is 63.3 cm³/mol. The molecule has 2 N–H and O–H groups in total. The molecule has 1 aromatic heterocycles. The minimum Gasteiger partial charge on any atom is -0.308 e. The van der Waals surface area contributed by atoms with Gasteiger partial charge in [0.2, 0.25) is 5.91 Å². The van der Waals surface area contributed by atoms with Crippen molar-refractivity contribution in [1.29, 1.82) is 0 Å². The number of halogens is 1. The zero-order valence-corrected chi connectivity index (χ0v) is 9.90. The Kier molecular flexibility index (Phi) is 4.44. The summed E-state index contributed by atoms with van der Waals surface area (Å²) in [6.45, 7) is 0. The number of anilines is 1. The van der Waals surface area contributed by atoms with Gasteiger partial charge in [0.15, 0.2) is 5.82 Å². The maximum Gasteiger partial charge on any atom is 0.243 e. The van der Waals surface area contributed by atoms with Crippen LogP contribution in [0.25, 0.3) is 0 Å². The van der Waals surface area contributed by atoms with E-state index < -0.39 is 0 Å². The number of carbonyl (C=O) groups is 1. The monoisotopic (exact) mass is 248 g/mol. The highest BCUT2D eigenvalue weighted by molar-refractivity contribution is 7.99. The van der Waals surface area contributed by atoms with E-state index in [-0.39, 0.29) is 24.4 Å². The number of nitrogens with one attached hydrogen (secondary N) is 2. The largest absolute Gasteiger partial charge is 0.308 e. The molecule has 1 saturated heterocycles. The van der Waals surface area contributed by atoms with Gasteiger partial charge in [0.1, 0.15) is 0 Å². The molecule has 0 spiro atoms. The quantitative estimate of drug-likeness (QED) is 0.798. The fourth-order valence-electron chi connectivity index (χ4n) is 1.26. The van der Waals surface area contributed by atoms with Crippen molar-refractivity contribution >= 4 is 35.9 Å². The molecule has 2 rings (SSSR count). The van der Waals surface area contributed by atoms with Crippen molar-refractivity contribution in [2.75, 3.05) is 16.9 Å². The average molecular weight is 249 g/mol. The number of amides is 1. The van der Waals surface area contributed by atoms with Crippen LogP contribution in [0.4, 0.5) is 5.82 Å². The lowest BCUT2D eigenvalue weighted by Gasteiger charge is -2.07. The first-order valence-electron chi connectivity index (χ1n) is 4.37. The lowest BCUT2D eigenvalue weighted by Crippen LogP contribution is -2.37. The smallest absolute Gasteiger partial charge is 0.243 e. The van der Waals surface area contributed by atoms with Crippen molar-refractivity contribution in [2.24, 2.45) is 7.05 Å². The first-order chi connectivity index (χ1) is 6.75. The van der Waals surface area contributed by atoms with Gasteiger partial charge in [-0.3, -0.25) is 14.8 Å². The Morgan fingerprint density at radius 3 is 3.13 bits per heavy atom. The molecule has 1 aliphatic rings. The van der Waals surface area contributed by atoms with Gasteiger partial charge in [-0.2, -0.15) is 5.10 Å². The highest BCUT2D eigenvalue weighted by Gasteiger charge is 2.22. The van der Waals surface area contributed by atoms with E-state index in [9.17, 15) is 4.79 Å². The second-order valence-corrected chi connectivity index (χ2v) is 4.17. The van der Waals surface area contributed by atoms with Crippen molar-refractivity contribution in [2.45, 2.75) is 6.04 Å². The molecule has 0 saturated carbocycles. The summed E-state index contributed by atoms with van der Waals surface area (Å²) in [5, 5.41) is 9.93. The van der Waals surface area contributed by atoms with Crippen molar-refractivity contribution in [1.82, 2.24) is 15.1 Å². The van der Waals surface area contributed by atoms with Crippen LogP contribution in [0.1, 0.15) is 0 Å². The lowest BCUT2D eigenvalue weighted by molar-refractivity contribution is -0.117. The molecular formula is C8H13ClN4OS. The van der Waals surface area contributed by atoms with E-state index in [1.807, 2.05) is 7.05 Å². The van der Waals surface area contributed by atoms with E-state index in [0.29, 0.717) is 5.82 Å². The molecule has 0 bridgehead atoms. The zero-order valence-electron chi connectivity index (χ0n) is 8.27. The van der Waals surface area contributed by atoms with Crippen LogP contribution in [0.2, 0.25) is 0 Å². The van der Waals surface area contributed by atoms with Crippen LogP contribution in [0.5, 0.6) is 0 Å². The Hall–Kier alpha value is -0.720. The molecule has 1 atom stereocenters. The van der Waals surface area contributed by atoms with Crippen molar-refractivity contribution in [3.8, 4) is 0 Å². The fourth-order valence-corrected chi connectivity index (χ4v) is 2.20. The van der Waals surface area contributed by atoms with Crippen molar-refractivity contribution in [3.63, 3.8) is 0 Å². The first kappa shape index (κ1) is 12.4. The van der Waals surface area contributed by atoms with Crippen LogP contribution < -0.4 is 10.6 Å². The van der Waals surface area contributed by atoms with Crippen LogP contribution in [0.3, 0.4) is 0 Å². The second-order valence-electron chi connectivity index (χ2n) is 3.14. The van der Waals surface area contributed by atoms with Crippen LogP contribution in [0.15, 0.2) is 12.3 Å². The molecule has 2 heterocycles. The highest BCUT2D eigenvalue weighted by Crippen LogP contribution is 2.11. The van der Waals surface area contributed by atoms with Crippen molar-refractivity contribution < 1.29 is 4.79 Å². The van der Waals surface area contributed by atoms with E-state index in [1.165, 1.54) is 0 Å². The molecule has 1 amide bonds. The highest BCUT2D eigenvalue weighted by atomic mass is 35.5. The van der Waals surface area contributed by atoms with Gasteiger partial charge in [-0.25, -0.2) is 0 Å². The first-order valence-corrected chi connectivity index (χ1v) is 5.53. The number of hydrogen-bond acceptors (Lipinski definition) is 4. The van der Waals surface area contributed by atoms with E-state index in [2.05, 4.69) is 15.7 Å². The van der Waals surface area contributed by atoms with E-state index in [0.717, 1.165) is 11.6 Å². The molecule has 7 heteroatoms. The topological polar surface area (TPSA) is 59.0 Å². The number of thioether (sulfide) groups is 1. The molecule has 0 aromatic carbocycles. The number of aromatic nitrogens is 2. The second kappa shape index (κ2) is 5.39. The third-order valence-electron chi connectivity index (χ3n) is 2.00. The third-order valence-corrected chi connectivity index (χ3v) is 2.94. The van der Waals surface area contributed by atoms with Gasteiger partial charge in [0.05, 0.1) is 6.04 Å². The number of aryl methyl sites for hydroxylation is 1. The maximum atomic E-state index is 11.6. The van der Waals surface area contributed by atoms with Gasteiger partial charge in [-0.05, 0) is 0 Å². The van der Waals surface area contributed by atoms with E-state index >= 15 is 0 Å². The van der Waals surface area contributed by atoms with Gasteiger partial charge >= 0.3 is 0 Å². The molecule has 0 aliphatic carbocycles. The lowest BCUT2D eigenvalue weighted by atomic mass is 10.3. The van der Waals surface area contributed by atoms with Crippen molar-refractivity contribution in [3.05, 3.63) is 12.3 Å². The summed E-state index contributed by atoms with van der Waals surface area (Å²) in [5.74, 6) is 2.28. The summed E-state index contributed by atoms with van der Waals surface area (Å²) >= 11 is 1.73. The van der Waals surface area contributed by atoms with Crippen LogP contribution in [-0.2, 0) is 11.8 Å². The standard InChI is InChI=1S/C8H12N4OS.ClH/c1-12-3-2-7(11-12)10-8(13)6-4-14-5-9-6;/h2-3,6,9H,4-5H2,1H3,(H,10,11,13);1H/t6-;/m1./s1. The van der Waals surface area contributed by atoms with Crippen LogP contribution >= 0.6 is 24.2 Å².